The lowest BCUT2D eigenvalue weighted by Gasteiger charge is -2.04. The van der Waals surface area contributed by atoms with Crippen LogP contribution in [0.1, 0.15) is 18.1 Å². The summed E-state index contributed by atoms with van der Waals surface area (Å²) in [6, 6.07) is 1.33. The number of aromatic nitrogens is 3. The standard InChI is InChI=1S/C12H11ClFN3O4/c1-19-10(18)3-2-9-16-8(17-21-9)6-20-7-4-5-15-12(13)11(7)14/h4-5H,2-3,6H2,1H3. The average Bonchev–Trinajstić information content (AvgIpc) is 2.94. The fraction of sp³-hybridized carbons (Fsp3) is 0.333. The minimum Gasteiger partial charge on any atom is -0.482 e. The lowest BCUT2D eigenvalue weighted by molar-refractivity contribution is -0.140. The second-order valence-electron chi connectivity index (χ2n) is 3.88. The van der Waals surface area contributed by atoms with Crippen molar-refractivity contribution in [3.05, 3.63) is 34.9 Å². The largest absolute Gasteiger partial charge is 0.482 e. The Hall–Kier alpha value is -2.22. The maximum Gasteiger partial charge on any atom is 0.306 e. The molecule has 2 aromatic heterocycles. The first-order chi connectivity index (χ1) is 10.1. The zero-order valence-electron chi connectivity index (χ0n) is 11.0. The highest BCUT2D eigenvalue weighted by Gasteiger charge is 2.12. The van der Waals surface area contributed by atoms with Crippen molar-refractivity contribution in [3.63, 3.8) is 0 Å². The highest BCUT2D eigenvalue weighted by Crippen LogP contribution is 2.22. The van der Waals surface area contributed by atoms with Gasteiger partial charge in [0.1, 0.15) is 0 Å². The van der Waals surface area contributed by atoms with Crippen LogP contribution in [-0.2, 0) is 22.6 Å². The summed E-state index contributed by atoms with van der Waals surface area (Å²) in [5.41, 5.74) is 0. The Balaban J connectivity index is 1.91. The lowest BCUT2D eigenvalue weighted by atomic mass is 10.3. The number of carbonyl (C=O) groups excluding carboxylic acids is 1. The molecule has 0 N–H and O–H groups in total. The summed E-state index contributed by atoms with van der Waals surface area (Å²) >= 11 is 5.52. The van der Waals surface area contributed by atoms with Crippen LogP contribution in [0.5, 0.6) is 5.75 Å². The van der Waals surface area contributed by atoms with Gasteiger partial charge in [0.05, 0.1) is 13.5 Å². The summed E-state index contributed by atoms with van der Waals surface area (Å²) in [7, 11) is 1.30. The number of rotatable bonds is 6. The van der Waals surface area contributed by atoms with Gasteiger partial charge in [0.15, 0.2) is 17.5 Å². The molecule has 0 aromatic carbocycles. The first-order valence-electron chi connectivity index (χ1n) is 5.91. The van der Waals surface area contributed by atoms with Crippen molar-refractivity contribution in [2.75, 3.05) is 7.11 Å². The van der Waals surface area contributed by atoms with Crippen molar-refractivity contribution in [1.82, 2.24) is 15.1 Å². The van der Waals surface area contributed by atoms with E-state index in [-0.39, 0.29) is 48.0 Å². The SMILES string of the molecule is COC(=O)CCc1nc(COc2ccnc(Cl)c2F)no1. The molecule has 2 heterocycles. The van der Waals surface area contributed by atoms with Gasteiger partial charge in [0, 0.05) is 18.7 Å². The molecule has 0 atom stereocenters. The van der Waals surface area contributed by atoms with Crippen LogP contribution in [0.3, 0.4) is 0 Å². The normalized spacial score (nSPS) is 10.4. The van der Waals surface area contributed by atoms with Crippen LogP contribution < -0.4 is 4.74 Å². The van der Waals surface area contributed by atoms with Crippen LogP contribution in [0.25, 0.3) is 0 Å². The van der Waals surface area contributed by atoms with Gasteiger partial charge < -0.3 is 14.0 Å². The van der Waals surface area contributed by atoms with Crippen LogP contribution in [0.2, 0.25) is 5.15 Å². The smallest absolute Gasteiger partial charge is 0.306 e. The maximum absolute atomic E-state index is 13.5. The second-order valence-corrected chi connectivity index (χ2v) is 4.24. The van der Waals surface area contributed by atoms with Crippen molar-refractivity contribution < 1.29 is 23.2 Å². The molecular weight excluding hydrogens is 305 g/mol. The first-order valence-corrected chi connectivity index (χ1v) is 6.29. The molecule has 2 rings (SSSR count). The Morgan fingerprint density at radius 2 is 2.33 bits per heavy atom. The van der Waals surface area contributed by atoms with Gasteiger partial charge in [-0.25, -0.2) is 4.98 Å². The van der Waals surface area contributed by atoms with Gasteiger partial charge in [-0.3, -0.25) is 4.79 Å². The Labute approximate surface area is 124 Å². The predicted molar refractivity (Wildman–Crippen MR) is 68.2 cm³/mol. The van der Waals surface area contributed by atoms with Gasteiger partial charge in [-0.1, -0.05) is 16.8 Å². The molecule has 21 heavy (non-hydrogen) atoms. The van der Waals surface area contributed by atoms with Gasteiger partial charge in [-0.15, -0.1) is 0 Å². The minimum absolute atomic E-state index is 0.0593. The van der Waals surface area contributed by atoms with Crippen molar-refractivity contribution in [3.8, 4) is 5.75 Å². The number of aryl methyl sites for hydroxylation is 1. The number of esters is 1. The fourth-order valence-electron chi connectivity index (χ4n) is 1.42. The van der Waals surface area contributed by atoms with E-state index in [9.17, 15) is 9.18 Å². The summed E-state index contributed by atoms with van der Waals surface area (Å²) in [5, 5.41) is 3.37. The summed E-state index contributed by atoms with van der Waals surface area (Å²) < 4.78 is 28.1. The Morgan fingerprint density at radius 3 is 3.10 bits per heavy atom. The minimum atomic E-state index is -0.756. The summed E-state index contributed by atoms with van der Waals surface area (Å²) in [5.74, 6) is -0.696. The zero-order chi connectivity index (χ0) is 15.2. The van der Waals surface area contributed by atoms with E-state index < -0.39 is 5.82 Å². The van der Waals surface area contributed by atoms with Crippen molar-refractivity contribution in [2.24, 2.45) is 0 Å². The average molecular weight is 316 g/mol. The maximum atomic E-state index is 13.5. The highest BCUT2D eigenvalue weighted by molar-refractivity contribution is 6.29. The summed E-state index contributed by atoms with van der Waals surface area (Å²) in [6.07, 6.45) is 1.71. The van der Waals surface area contributed by atoms with E-state index in [1.54, 1.807) is 0 Å². The second kappa shape index (κ2) is 6.98. The molecule has 0 amide bonds. The summed E-state index contributed by atoms with van der Waals surface area (Å²) in [4.78, 5) is 18.5. The van der Waals surface area contributed by atoms with Gasteiger partial charge >= 0.3 is 5.97 Å². The molecule has 0 saturated carbocycles. The Bertz CT molecular complexity index is 635. The molecule has 9 heteroatoms. The Morgan fingerprint density at radius 1 is 1.52 bits per heavy atom. The molecule has 7 nitrogen and oxygen atoms in total. The van der Waals surface area contributed by atoms with E-state index in [2.05, 4.69) is 19.9 Å². The third kappa shape index (κ3) is 4.12. The lowest BCUT2D eigenvalue weighted by Crippen LogP contribution is -2.03. The van der Waals surface area contributed by atoms with Crippen LogP contribution in [0, 0.1) is 5.82 Å². The molecule has 0 aliphatic rings. The molecule has 112 valence electrons. The zero-order valence-corrected chi connectivity index (χ0v) is 11.8. The molecule has 0 aliphatic carbocycles. The third-order valence-electron chi connectivity index (χ3n) is 2.45. The van der Waals surface area contributed by atoms with Crippen molar-refractivity contribution >= 4 is 17.6 Å². The molecule has 0 unspecified atom stereocenters. The number of halogens is 2. The number of hydrogen-bond donors (Lipinski definition) is 0. The molecule has 0 saturated heterocycles. The van der Waals surface area contributed by atoms with Gasteiger partial charge in [0.2, 0.25) is 17.5 Å². The molecule has 0 bridgehead atoms. The van der Waals surface area contributed by atoms with E-state index in [0.717, 1.165) is 0 Å². The number of hydrogen-bond acceptors (Lipinski definition) is 7. The van der Waals surface area contributed by atoms with Crippen molar-refractivity contribution in [1.29, 1.82) is 0 Å². The van der Waals surface area contributed by atoms with Crippen LogP contribution in [-0.4, -0.2) is 28.2 Å². The first kappa shape index (κ1) is 15.2. The number of ether oxygens (including phenoxy) is 2. The summed E-state index contributed by atoms with van der Waals surface area (Å²) in [6.45, 7) is -0.0982. The Kier molecular flexibility index (Phi) is 5.04. The molecule has 0 spiro atoms. The predicted octanol–water partition coefficient (Wildman–Crippen LogP) is 1.94. The van der Waals surface area contributed by atoms with Crippen LogP contribution in [0.4, 0.5) is 4.39 Å². The third-order valence-corrected chi connectivity index (χ3v) is 2.71. The van der Waals surface area contributed by atoms with E-state index in [1.807, 2.05) is 0 Å². The van der Waals surface area contributed by atoms with E-state index >= 15 is 0 Å². The number of methoxy groups -OCH3 is 1. The fourth-order valence-corrected chi connectivity index (χ4v) is 1.57. The van der Waals surface area contributed by atoms with Gasteiger partial charge in [0.25, 0.3) is 0 Å². The van der Waals surface area contributed by atoms with Crippen LogP contribution >= 0.6 is 11.6 Å². The van der Waals surface area contributed by atoms with E-state index in [1.165, 1.54) is 19.4 Å². The van der Waals surface area contributed by atoms with E-state index in [4.69, 9.17) is 20.9 Å². The number of carbonyl (C=O) groups is 1. The number of nitrogens with zero attached hydrogens (tertiary/aromatic N) is 3. The highest BCUT2D eigenvalue weighted by atomic mass is 35.5. The molecule has 2 aromatic rings. The molecule has 0 aliphatic heterocycles. The monoisotopic (exact) mass is 315 g/mol. The van der Waals surface area contributed by atoms with Crippen LogP contribution in [0.15, 0.2) is 16.8 Å². The van der Waals surface area contributed by atoms with E-state index in [0.29, 0.717) is 0 Å². The molecule has 0 fully saturated rings. The topological polar surface area (TPSA) is 87.3 Å². The quantitative estimate of drug-likeness (QED) is 0.594. The van der Waals surface area contributed by atoms with Crippen molar-refractivity contribution in [2.45, 2.75) is 19.4 Å². The molecular formula is C12H11ClFN3O4. The van der Waals surface area contributed by atoms with Gasteiger partial charge in [-0.05, 0) is 0 Å². The molecule has 0 radical (unpaired) electrons. The van der Waals surface area contributed by atoms with Gasteiger partial charge in [-0.2, -0.15) is 9.37 Å². The number of pyridine rings is 1.